The Bertz CT molecular complexity index is 2070. The average Bonchev–Trinajstić information content (AvgIpc) is 3.71. The minimum atomic E-state index is -1.01. The molecule has 0 bridgehead atoms. The summed E-state index contributed by atoms with van der Waals surface area (Å²) < 4.78 is 9.93. The molecule has 57 heavy (non-hydrogen) atoms. The number of aliphatic carboxylic acids is 1. The van der Waals surface area contributed by atoms with E-state index in [1.54, 1.807) is 27.7 Å². The number of carbonyl (C=O) groups is 4. The fourth-order valence-electron chi connectivity index (χ4n) is 5.61. The summed E-state index contributed by atoms with van der Waals surface area (Å²) in [6.45, 7) is 7.20. The Morgan fingerprint density at radius 1 is 0.684 bits per heavy atom. The quantitative estimate of drug-likeness (QED) is 0.0672. The van der Waals surface area contributed by atoms with Gasteiger partial charge in [-0.2, -0.15) is 5.21 Å². The molecule has 1 aromatic heterocycles. The van der Waals surface area contributed by atoms with Gasteiger partial charge in [-0.15, -0.1) is 5.10 Å². The van der Waals surface area contributed by atoms with Crippen LogP contribution in [-0.4, -0.2) is 86.9 Å². The Morgan fingerprint density at radius 3 is 1.54 bits per heavy atom. The van der Waals surface area contributed by atoms with Crippen molar-refractivity contribution in [2.45, 2.75) is 64.7 Å². The highest BCUT2D eigenvalue weighted by Gasteiger charge is 2.26. The second-order valence-electron chi connectivity index (χ2n) is 12.8. The van der Waals surface area contributed by atoms with Gasteiger partial charge in [-0.05, 0) is 103 Å². The van der Waals surface area contributed by atoms with Crippen molar-refractivity contribution >= 4 is 53.0 Å². The average molecular weight is 819 g/mol. The molecule has 14 nitrogen and oxygen atoms in total. The molecule has 4 aromatic carbocycles. The van der Waals surface area contributed by atoms with Crippen molar-refractivity contribution in [3.05, 3.63) is 118 Å². The predicted molar refractivity (Wildman–Crippen MR) is 218 cm³/mol. The van der Waals surface area contributed by atoms with Crippen LogP contribution in [0.5, 0.6) is 0 Å². The maximum atomic E-state index is 12.8. The summed E-state index contributed by atoms with van der Waals surface area (Å²) in [5.41, 5.74) is 5.75. The molecule has 0 saturated heterocycles. The van der Waals surface area contributed by atoms with Crippen LogP contribution in [-0.2, 0) is 41.5 Å². The number of nitrogens with zero attached hydrogens (tertiary/aromatic N) is 3. The van der Waals surface area contributed by atoms with Crippen LogP contribution in [0.25, 0.3) is 22.3 Å². The fourth-order valence-corrected chi connectivity index (χ4v) is 5.99. The number of H-pyrrole nitrogens is 1. The van der Waals surface area contributed by atoms with E-state index >= 15 is 0 Å². The minimum absolute atomic E-state index is 0.0527. The fraction of sp³-hybridized carbons (Fsp3) is 0.293. The van der Waals surface area contributed by atoms with E-state index in [9.17, 15) is 24.3 Å². The van der Waals surface area contributed by atoms with Crippen LogP contribution in [0.15, 0.2) is 97.1 Å². The number of aromatic amines is 1. The van der Waals surface area contributed by atoms with Crippen LogP contribution in [0.4, 0.5) is 5.95 Å². The zero-order valence-electron chi connectivity index (χ0n) is 31.9. The van der Waals surface area contributed by atoms with E-state index in [1.165, 1.54) is 0 Å². The predicted octanol–water partition coefficient (Wildman–Crippen LogP) is 6.16. The highest BCUT2D eigenvalue weighted by Crippen LogP contribution is 2.25. The molecule has 1 amide bonds. The first-order chi connectivity index (χ1) is 27.4. The van der Waals surface area contributed by atoms with E-state index in [0.717, 1.165) is 33.4 Å². The van der Waals surface area contributed by atoms with Gasteiger partial charge in [0.25, 0.3) is 5.95 Å². The molecule has 5 rings (SSSR count). The second kappa shape index (κ2) is 22.2. The number of hydrogen-bond acceptors (Lipinski definition) is 11. The highest BCUT2D eigenvalue weighted by molar-refractivity contribution is 6.31. The summed E-state index contributed by atoms with van der Waals surface area (Å²) in [6, 6.07) is 27.5. The van der Waals surface area contributed by atoms with E-state index in [1.807, 2.05) is 97.1 Å². The largest absolute Gasteiger partial charge is 0.480 e. The standard InChI is InChI=1S/C21H23ClN6O3.C20H22ClNO4/c1-3-31-20(30)13(2)23-18(19(29)24-21-25-27-28-26-21)11-14-7-9-15(10-8-14)16-5-4-6-17(22)12-16;1-3-26-20(25)13(2)22-18(19(23)24)11-14-7-9-15(10-8-14)16-5-4-6-17(21)12-16/h4-10,12-13,18,23H,3,11H2,1-2H3,(H2,24,25,26,27,28,29);4-10,12-13,18,22H,3,11H2,1-2H3,(H,23,24)/t2*13-,18-/m00/s1. The lowest BCUT2D eigenvalue weighted by Gasteiger charge is -2.21. The second-order valence-corrected chi connectivity index (χ2v) is 13.6. The number of anilines is 1. The lowest BCUT2D eigenvalue weighted by atomic mass is 10.00. The number of tetrazole rings is 1. The third-order valence-corrected chi connectivity index (χ3v) is 8.95. The molecule has 300 valence electrons. The summed E-state index contributed by atoms with van der Waals surface area (Å²) in [5.74, 6) is -2.25. The number of aromatic nitrogens is 4. The van der Waals surface area contributed by atoms with Gasteiger partial charge in [0.15, 0.2) is 0 Å². The molecule has 5 aromatic rings. The van der Waals surface area contributed by atoms with Crippen LogP contribution in [0.1, 0.15) is 38.8 Å². The van der Waals surface area contributed by atoms with E-state index in [4.69, 9.17) is 32.7 Å². The van der Waals surface area contributed by atoms with Crippen molar-refractivity contribution in [2.75, 3.05) is 18.5 Å². The zero-order chi connectivity index (χ0) is 41.3. The number of hydrogen-bond donors (Lipinski definition) is 5. The third-order valence-electron chi connectivity index (χ3n) is 8.48. The number of halogens is 2. The van der Waals surface area contributed by atoms with E-state index < -0.39 is 48.0 Å². The molecule has 0 fully saturated rings. The lowest BCUT2D eigenvalue weighted by molar-refractivity contribution is -0.147. The summed E-state index contributed by atoms with van der Waals surface area (Å²) in [6.07, 6.45) is 0.595. The number of amides is 1. The van der Waals surface area contributed by atoms with Crippen molar-refractivity contribution in [3.8, 4) is 22.3 Å². The van der Waals surface area contributed by atoms with Gasteiger partial charge in [0, 0.05) is 10.0 Å². The van der Waals surface area contributed by atoms with Gasteiger partial charge in [-0.25, -0.2) is 0 Å². The Kier molecular flexibility index (Phi) is 17.1. The number of carboxylic acids is 1. The topological polar surface area (TPSA) is 198 Å². The number of esters is 2. The molecule has 0 saturated carbocycles. The SMILES string of the molecule is CCOC(=O)[C@H](C)N[C@@H](Cc1ccc(-c2cccc(Cl)c2)cc1)C(=O)Nc1nn[nH]n1.CCOC(=O)[C@H](C)N[C@@H](Cc1ccc(-c2cccc(Cl)c2)cc1)C(=O)O. The minimum Gasteiger partial charge on any atom is -0.480 e. The van der Waals surface area contributed by atoms with Gasteiger partial charge in [0.2, 0.25) is 5.91 Å². The van der Waals surface area contributed by atoms with Crippen LogP contribution in [0, 0.1) is 0 Å². The first kappa shape index (κ1) is 44.0. The van der Waals surface area contributed by atoms with Gasteiger partial charge in [0.1, 0.15) is 18.1 Å². The molecule has 1 heterocycles. The molecular formula is C41H45Cl2N7O7. The van der Waals surface area contributed by atoms with Crippen molar-refractivity contribution < 1.29 is 33.8 Å². The zero-order valence-corrected chi connectivity index (χ0v) is 33.4. The number of rotatable bonds is 17. The van der Waals surface area contributed by atoms with Crippen molar-refractivity contribution in [3.63, 3.8) is 0 Å². The van der Waals surface area contributed by atoms with Crippen molar-refractivity contribution in [1.82, 2.24) is 31.3 Å². The van der Waals surface area contributed by atoms with Crippen LogP contribution < -0.4 is 16.0 Å². The van der Waals surface area contributed by atoms with E-state index in [-0.39, 0.29) is 25.6 Å². The van der Waals surface area contributed by atoms with Gasteiger partial charge in [-0.1, -0.05) is 101 Å². The van der Waals surface area contributed by atoms with Crippen molar-refractivity contribution in [1.29, 1.82) is 0 Å². The Hall–Kier alpha value is -5.67. The summed E-state index contributed by atoms with van der Waals surface area (Å²) >= 11 is 12.1. The summed E-state index contributed by atoms with van der Waals surface area (Å²) in [4.78, 5) is 48.0. The number of carboxylic acid groups (broad SMARTS) is 1. The number of ether oxygens (including phenoxy) is 2. The molecule has 0 radical (unpaired) electrons. The highest BCUT2D eigenvalue weighted by atomic mass is 35.5. The smallest absolute Gasteiger partial charge is 0.322 e. The Balaban J connectivity index is 0.000000257. The maximum Gasteiger partial charge on any atom is 0.322 e. The molecular weight excluding hydrogens is 773 g/mol. The van der Waals surface area contributed by atoms with Crippen LogP contribution in [0.3, 0.4) is 0 Å². The first-order valence-corrected chi connectivity index (χ1v) is 18.9. The maximum absolute atomic E-state index is 12.8. The molecule has 0 spiro atoms. The number of carbonyl (C=O) groups excluding carboxylic acids is 3. The van der Waals surface area contributed by atoms with Crippen LogP contribution in [0.2, 0.25) is 10.0 Å². The molecule has 0 aliphatic carbocycles. The molecule has 5 N–H and O–H groups in total. The lowest BCUT2D eigenvalue weighted by Crippen LogP contribution is -2.49. The normalized spacial score (nSPS) is 12.9. The Labute approximate surface area is 340 Å². The first-order valence-electron chi connectivity index (χ1n) is 18.2. The van der Waals surface area contributed by atoms with Crippen LogP contribution >= 0.6 is 23.2 Å². The molecule has 16 heteroatoms. The number of nitrogens with one attached hydrogen (secondary N) is 4. The molecule has 0 aliphatic heterocycles. The molecule has 4 atom stereocenters. The van der Waals surface area contributed by atoms with Gasteiger partial charge < -0.3 is 14.6 Å². The number of benzene rings is 4. The summed E-state index contributed by atoms with van der Waals surface area (Å²) in [5, 5.41) is 32.3. The van der Waals surface area contributed by atoms with E-state index in [0.29, 0.717) is 16.5 Å². The summed E-state index contributed by atoms with van der Waals surface area (Å²) in [7, 11) is 0. The van der Waals surface area contributed by atoms with Gasteiger partial charge in [0.05, 0.1) is 19.3 Å². The van der Waals surface area contributed by atoms with Crippen molar-refractivity contribution in [2.24, 2.45) is 0 Å². The third kappa shape index (κ3) is 14.1. The molecule has 0 aliphatic rings. The molecule has 0 unspecified atom stereocenters. The van der Waals surface area contributed by atoms with E-state index in [2.05, 4.69) is 36.6 Å². The monoisotopic (exact) mass is 817 g/mol. The van der Waals surface area contributed by atoms with Gasteiger partial charge in [-0.3, -0.25) is 35.1 Å². The Morgan fingerprint density at radius 2 is 1.14 bits per heavy atom. The van der Waals surface area contributed by atoms with Gasteiger partial charge >= 0.3 is 17.9 Å².